The summed E-state index contributed by atoms with van der Waals surface area (Å²) in [7, 11) is -3.73. The predicted molar refractivity (Wildman–Crippen MR) is 129 cm³/mol. The highest BCUT2D eigenvalue weighted by Gasteiger charge is 2.25. The van der Waals surface area contributed by atoms with E-state index >= 15 is 0 Å². The number of H-pyrrole nitrogens is 1. The molecule has 34 heavy (non-hydrogen) atoms. The fourth-order valence-corrected chi connectivity index (χ4v) is 5.26. The molecule has 0 bridgehead atoms. The van der Waals surface area contributed by atoms with Crippen molar-refractivity contribution in [3.63, 3.8) is 0 Å². The van der Waals surface area contributed by atoms with Crippen LogP contribution in [-0.2, 0) is 19.6 Å². The molecule has 1 atom stereocenters. The highest BCUT2D eigenvalue weighted by Crippen LogP contribution is 2.24. The number of amides is 1. The van der Waals surface area contributed by atoms with Gasteiger partial charge in [-0.2, -0.15) is 4.31 Å². The maximum atomic E-state index is 12.9. The summed E-state index contributed by atoms with van der Waals surface area (Å²) in [5.41, 5.74) is 0.850. The minimum atomic E-state index is -3.73. The molecule has 0 saturated heterocycles. The number of carbonyl (C=O) groups excluding carboxylic acids is 2. The van der Waals surface area contributed by atoms with Gasteiger partial charge < -0.3 is 15.0 Å². The number of rotatable bonds is 8. The number of nitrogens with zero attached hydrogens (tertiary/aromatic N) is 1. The maximum absolute atomic E-state index is 12.9. The van der Waals surface area contributed by atoms with Crippen molar-refractivity contribution in [1.82, 2.24) is 9.29 Å². The van der Waals surface area contributed by atoms with Crippen LogP contribution in [0.5, 0.6) is 0 Å². The van der Waals surface area contributed by atoms with E-state index in [-0.39, 0.29) is 16.1 Å². The highest BCUT2D eigenvalue weighted by atomic mass is 32.2. The molecule has 2 aromatic carbocycles. The van der Waals surface area contributed by atoms with Crippen LogP contribution < -0.4 is 10.9 Å². The largest absolute Gasteiger partial charge is 0.449 e. The lowest BCUT2D eigenvalue weighted by atomic mass is 10.1. The summed E-state index contributed by atoms with van der Waals surface area (Å²) in [6.45, 7) is 7.21. The lowest BCUT2D eigenvalue weighted by Crippen LogP contribution is -2.32. The first-order valence-electron chi connectivity index (χ1n) is 10.8. The van der Waals surface area contributed by atoms with Crippen molar-refractivity contribution in [3.05, 3.63) is 70.0 Å². The van der Waals surface area contributed by atoms with Gasteiger partial charge in [0.05, 0.1) is 10.5 Å². The minimum absolute atomic E-state index is 0.0435. The number of anilines is 1. The Morgan fingerprint density at radius 1 is 1.09 bits per heavy atom. The molecule has 10 heteroatoms. The number of aromatic nitrogens is 1. The van der Waals surface area contributed by atoms with E-state index in [0.29, 0.717) is 29.6 Å². The average molecular weight is 486 g/mol. The number of aromatic amines is 1. The second-order valence-corrected chi connectivity index (χ2v) is 9.61. The van der Waals surface area contributed by atoms with E-state index in [0.717, 1.165) is 6.07 Å². The minimum Gasteiger partial charge on any atom is -0.449 e. The van der Waals surface area contributed by atoms with Crippen LogP contribution in [0.25, 0.3) is 10.9 Å². The van der Waals surface area contributed by atoms with E-state index in [1.54, 1.807) is 57.2 Å². The Bertz CT molecular complexity index is 1390. The summed E-state index contributed by atoms with van der Waals surface area (Å²) in [5.74, 6) is -1.46. The van der Waals surface area contributed by atoms with Gasteiger partial charge in [-0.05, 0) is 37.6 Å². The van der Waals surface area contributed by atoms with Crippen molar-refractivity contribution < 1.29 is 22.7 Å². The van der Waals surface area contributed by atoms with Crippen molar-refractivity contribution >= 4 is 38.5 Å². The van der Waals surface area contributed by atoms with E-state index in [1.165, 1.54) is 17.3 Å². The number of hydrogen-bond donors (Lipinski definition) is 2. The van der Waals surface area contributed by atoms with Crippen LogP contribution >= 0.6 is 0 Å². The standard InChI is InChI=1S/C24H27N3O6S/c1-5-27(6-2)34(31,32)21-13-17(12-11-15(21)3)25-23(29)16(4)33-24(30)19-14-22(28)26-20-10-8-7-9-18(19)20/h7-14,16H,5-6H2,1-4H3,(H,25,29)(H,26,28)/t16-/m1/s1. The molecular formula is C24H27N3O6S. The molecule has 3 aromatic rings. The van der Waals surface area contributed by atoms with Gasteiger partial charge in [0.1, 0.15) is 0 Å². The normalized spacial score (nSPS) is 12.5. The first-order valence-corrected chi connectivity index (χ1v) is 12.3. The molecule has 9 nitrogen and oxygen atoms in total. The maximum Gasteiger partial charge on any atom is 0.339 e. The third-order valence-corrected chi connectivity index (χ3v) is 7.59. The van der Waals surface area contributed by atoms with Crippen LogP contribution in [0, 0.1) is 6.92 Å². The number of pyridine rings is 1. The number of aryl methyl sites for hydroxylation is 1. The van der Waals surface area contributed by atoms with Crippen molar-refractivity contribution in [2.75, 3.05) is 18.4 Å². The van der Waals surface area contributed by atoms with Gasteiger partial charge in [-0.15, -0.1) is 0 Å². The summed E-state index contributed by atoms with van der Waals surface area (Å²) in [5, 5.41) is 3.08. The molecule has 0 aliphatic heterocycles. The number of esters is 1. The van der Waals surface area contributed by atoms with Gasteiger partial charge in [0.2, 0.25) is 15.6 Å². The van der Waals surface area contributed by atoms with Gasteiger partial charge in [-0.25, -0.2) is 13.2 Å². The first kappa shape index (κ1) is 25.1. The van der Waals surface area contributed by atoms with E-state index in [2.05, 4.69) is 10.3 Å². The molecule has 1 aromatic heterocycles. The molecule has 2 N–H and O–H groups in total. The number of carbonyl (C=O) groups is 2. The lowest BCUT2D eigenvalue weighted by molar-refractivity contribution is -0.123. The van der Waals surface area contributed by atoms with Crippen LogP contribution in [0.1, 0.15) is 36.7 Å². The monoisotopic (exact) mass is 485 g/mol. The second-order valence-electron chi connectivity index (χ2n) is 7.70. The van der Waals surface area contributed by atoms with Gasteiger partial charge in [-0.3, -0.25) is 9.59 Å². The lowest BCUT2D eigenvalue weighted by Gasteiger charge is -2.20. The van der Waals surface area contributed by atoms with Crippen LogP contribution in [0.2, 0.25) is 0 Å². The number of ether oxygens (including phenoxy) is 1. The topological polar surface area (TPSA) is 126 Å². The average Bonchev–Trinajstić information content (AvgIpc) is 2.80. The molecule has 0 radical (unpaired) electrons. The summed E-state index contributed by atoms with van der Waals surface area (Å²) in [6.07, 6.45) is -1.20. The summed E-state index contributed by atoms with van der Waals surface area (Å²) < 4.78 is 32.5. The van der Waals surface area contributed by atoms with Crippen LogP contribution in [0.4, 0.5) is 5.69 Å². The zero-order valence-corrected chi connectivity index (χ0v) is 20.2. The SMILES string of the molecule is CCN(CC)S(=O)(=O)c1cc(NC(=O)[C@@H](C)OC(=O)c2cc(=O)[nH]c3ccccc23)ccc1C. The summed E-state index contributed by atoms with van der Waals surface area (Å²) >= 11 is 0. The van der Waals surface area contributed by atoms with Gasteiger partial charge in [-0.1, -0.05) is 38.1 Å². The Morgan fingerprint density at radius 3 is 2.44 bits per heavy atom. The predicted octanol–water partition coefficient (Wildman–Crippen LogP) is 3.05. The van der Waals surface area contributed by atoms with E-state index < -0.39 is 33.6 Å². The molecule has 1 heterocycles. The Labute approximate surface area is 197 Å². The van der Waals surface area contributed by atoms with Crippen LogP contribution in [0.3, 0.4) is 0 Å². The van der Waals surface area contributed by atoms with Gasteiger partial charge in [0.25, 0.3) is 5.91 Å². The van der Waals surface area contributed by atoms with Crippen molar-refractivity contribution in [2.24, 2.45) is 0 Å². The third kappa shape index (κ3) is 5.18. The van der Waals surface area contributed by atoms with E-state index in [4.69, 9.17) is 4.74 Å². The van der Waals surface area contributed by atoms with Gasteiger partial charge in [0.15, 0.2) is 6.10 Å². The number of benzene rings is 2. The zero-order chi connectivity index (χ0) is 25.0. The van der Waals surface area contributed by atoms with Crippen molar-refractivity contribution in [1.29, 1.82) is 0 Å². The number of nitrogens with one attached hydrogen (secondary N) is 2. The summed E-state index contributed by atoms with van der Waals surface area (Å²) in [4.78, 5) is 40.0. The second kappa shape index (κ2) is 10.2. The Balaban J connectivity index is 1.79. The fourth-order valence-electron chi connectivity index (χ4n) is 3.55. The molecule has 0 aliphatic carbocycles. The smallest absolute Gasteiger partial charge is 0.339 e. The quantitative estimate of drug-likeness (QED) is 0.473. The molecule has 0 saturated carbocycles. The van der Waals surface area contributed by atoms with Crippen molar-refractivity contribution in [2.45, 2.75) is 38.7 Å². The highest BCUT2D eigenvalue weighted by molar-refractivity contribution is 7.89. The molecule has 0 aliphatic rings. The van der Waals surface area contributed by atoms with Crippen molar-refractivity contribution in [3.8, 4) is 0 Å². The molecular weight excluding hydrogens is 458 g/mol. The Hall–Kier alpha value is -3.50. The third-order valence-electron chi connectivity index (χ3n) is 5.40. The van der Waals surface area contributed by atoms with Gasteiger partial charge in [0, 0.05) is 35.7 Å². The number of para-hydroxylation sites is 1. The number of hydrogen-bond acceptors (Lipinski definition) is 6. The van der Waals surface area contributed by atoms with E-state index in [1.807, 2.05) is 0 Å². The molecule has 0 unspecified atom stereocenters. The molecule has 0 fully saturated rings. The fraction of sp³-hybridized carbons (Fsp3) is 0.292. The van der Waals surface area contributed by atoms with Crippen LogP contribution in [0.15, 0.2) is 58.2 Å². The van der Waals surface area contributed by atoms with E-state index in [9.17, 15) is 22.8 Å². The number of fused-ring (bicyclic) bond motifs is 1. The zero-order valence-electron chi connectivity index (χ0n) is 19.4. The molecule has 1 amide bonds. The molecule has 180 valence electrons. The first-order chi connectivity index (χ1) is 16.1. The van der Waals surface area contributed by atoms with Crippen LogP contribution in [-0.4, -0.2) is 48.8 Å². The van der Waals surface area contributed by atoms with Gasteiger partial charge >= 0.3 is 5.97 Å². The molecule has 3 rings (SSSR count). The Morgan fingerprint density at radius 2 is 1.76 bits per heavy atom. The Kier molecular flexibility index (Phi) is 7.53. The summed E-state index contributed by atoms with van der Waals surface area (Å²) in [6, 6.07) is 12.5. The number of sulfonamides is 1. The molecule has 0 spiro atoms.